The zero-order valence-corrected chi connectivity index (χ0v) is 6.53. The second-order valence-electron chi connectivity index (χ2n) is 1.77. The first-order valence-corrected chi connectivity index (χ1v) is 3.57. The average molecular weight is 150 g/mol. The summed E-state index contributed by atoms with van der Waals surface area (Å²) in [5.74, 6) is -0.0679. The number of carbonyl (C=O) groups is 1. The van der Waals surface area contributed by atoms with Crippen LogP contribution in [0.25, 0.3) is 0 Å². The molecular formula is C6H12ClNO. The first-order valence-electron chi connectivity index (χ1n) is 3.14. The van der Waals surface area contributed by atoms with E-state index in [1.165, 1.54) is 0 Å². The van der Waals surface area contributed by atoms with Crippen molar-refractivity contribution in [1.29, 1.82) is 0 Å². The van der Waals surface area contributed by atoms with Gasteiger partial charge in [0.15, 0.2) is 0 Å². The van der Waals surface area contributed by atoms with Crippen LogP contribution in [-0.4, -0.2) is 17.8 Å². The van der Waals surface area contributed by atoms with E-state index >= 15 is 0 Å². The number of carbonyl (C=O) groups excluding carboxylic acids is 1. The van der Waals surface area contributed by atoms with Gasteiger partial charge in [0.05, 0.1) is 0 Å². The molecule has 9 heavy (non-hydrogen) atoms. The van der Waals surface area contributed by atoms with Crippen LogP contribution in [0.3, 0.4) is 0 Å². The molecule has 0 aromatic heterocycles. The first-order chi connectivity index (χ1) is 4.22. The third kappa shape index (κ3) is 3.36. The Morgan fingerprint density at radius 2 is 2.22 bits per heavy atom. The van der Waals surface area contributed by atoms with Crippen molar-refractivity contribution in [3.63, 3.8) is 0 Å². The molecule has 0 aliphatic rings. The fourth-order valence-electron chi connectivity index (χ4n) is 0.470. The number of hydrogen-bond donors (Lipinski definition) is 1. The lowest BCUT2D eigenvalue weighted by Gasteiger charge is -2.04. The Labute approximate surface area is 60.6 Å². The minimum atomic E-state index is -0.357. The summed E-state index contributed by atoms with van der Waals surface area (Å²) >= 11 is 5.58. The Morgan fingerprint density at radius 1 is 1.67 bits per heavy atom. The minimum absolute atomic E-state index is 0.0679. The zero-order chi connectivity index (χ0) is 7.28. The van der Waals surface area contributed by atoms with Crippen LogP contribution in [0.2, 0.25) is 0 Å². The van der Waals surface area contributed by atoms with Crippen LogP contribution in [-0.2, 0) is 4.79 Å². The summed E-state index contributed by atoms with van der Waals surface area (Å²) in [7, 11) is 0. The highest BCUT2D eigenvalue weighted by atomic mass is 35.5. The molecule has 0 aliphatic carbocycles. The highest BCUT2D eigenvalue weighted by Gasteiger charge is 2.09. The Hall–Kier alpha value is -0.240. The predicted molar refractivity (Wildman–Crippen MR) is 38.6 cm³/mol. The van der Waals surface area contributed by atoms with Crippen LogP contribution in [0, 0.1) is 0 Å². The molecule has 54 valence electrons. The van der Waals surface area contributed by atoms with Gasteiger partial charge in [-0.2, -0.15) is 0 Å². The van der Waals surface area contributed by atoms with E-state index in [-0.39, 0.29) is 11.3 Å². The maximum Gasteiger partial charge on any atom is 0.238 e. The molecule has 0 aliphatic heterocycles. The zero-order valence-electron chi connectivity index (χ0n) is 5.78. The molecule has 1 unspecified atom stereocenters. The summed E-state index contributed by atoms with van der Waals surface area (Å²) in [6, 6.07) is 0. The van der Waals surface area contributed by atoms with Crippen LogP contribution >= 0.6 is 11.6 Å². The smallest absolute Gasteiger partial charge is 0.238 e. The summed E-state index contributed by atoms with van der Waals surface area (Å²) in [5.41, 5.74) is 0. The second kappa shape index (κ2) is 4.62. The molecule has 0 heterocycles. The van der Waals surface area contributed by atoms with Gasteiger partial charge in [-0.15, -0.1) is 11.6 Å². The number of hydrogen-bond acceptors (Lipinski definition) is 1. The van der Waals surface area contributed by atoms with Crippen LogP contribution in [0.5, 0.6) is 0 Å². The number of amides is 1. The van der Waals surface area contributed by atoms with Crippen LogP contribution in [0.1, 0.15) is 20.3 Å². The number of alkyl halides is 1. The van der Waals surface area contributed by atoms with Crippen molar-refractivity contribution in [2.75, 3.05) is 6.54 Å². The van der Waals surface area contributed by atoms with Crippen molar-refractivity contribution in [2.45, 2.75) is 25.6 Å². The molecule has 0 bridgehead atoms. The molecule has 0 spiro atoms. The van der Waals surface area contributed by atoms with Crippen molar-refractivity contribution in [2.24, 2.45) is 0 Å². The van der Waals surface area contributed by atoms with Crippen molar-refractivity contribution < 1.29 is 4.79 Å². The third-order valence-electron chi connectivity index (χ3n) is 0.994. The van der Waals surface area contributed by atoms with Crippen molar-refractivity contribution in [3.8, 4) is 0 Å². The van der Waals surface area contributed by atoms with Crippen molar-refractivity contribution in [1.82, 2.24) is 5.32 Å². The van der Waals surface area contributed by atoms with E-state index in [0.717, 1.165) is 0 Å². The molecule has 0 radical (unpaired) electrons. The Bertz CT molecular complexity index is 95.1. The van der Waals surface area contributed by atoms with E-state index in [0.29, 0.717) is 13.0 Å². The summed E-state index contributed by atoms with van der Waals surface area (Å²) < 4.78 is 0. The van der Waals surface area contributed by atoms with E-state index in [9.17, 15) is 4.79 Å². The molecule has 1 atom stereocenters. The number of halogens is 1. The molecule has 0 aromatic rings. The highest BCUT2D eigenvalue weighted by Crippen LogP contribution is 1.99. The lowest BCUT2D eigenvalue weighted by molar-refractivity contribution is -0.120. The fourth-order valence-corrected chi connectivity index (χ4v) is 0.548. The van der Waals surface area contributed by atoms with E-state index in [4.69, 9.17) is 11.6 Å². The lowest BCUT2D eigenvalue weighted by atomic mass is 10.3. The maximum absolute atomic E-state index is 10.7. The molecule has 0 saturated carbocycles. The summed E-state index contributed by atoms with van der Waals surface area (Å²) in [6.07, 6.45) is 0.688. The van der Waals surface area contributed by atoms with Crippen molar-refractivity contribution >= 4 is 17.5 Å². The molecule has 1 amide bonds. The molecule has 0 fully saturated rings. The fraction of sp³-hybridized carbons (Fsp3) is 0.833. The largest absolute Gasteiger partial charge is 0.355 e. The SMILES string of the molecule is CCNC(=O)C(Cl)CC. The molecular weight excluding hydrogens is 138 g/mol. The van der Waals surface area contributed by atoms with Gasteiger partial charge in [-0.3, -0.25) is 4.79 Å². The van der Waals surface area contributed by atoms with E-state index in [2.05, 4.69) is 5.32 Å². The molecule has 0 saturated heterocycles. The third-order valence-corrected chi connectivity index (χ3v) is 1.50. The van der Waals surface area contributed by atoms with E-state index < -0.39 is 0 Å². The number of rotatable bonds is 3. The van der Waals surface area contributed by atoms with Gasteiger partial charge in [0, 0.05) is 6.54 Å². The average Bonchev–Trinajstić information content (AvgIpc) is 1.87. The molecule has 0 rings (SSSR count). The van der Waals surface area contributed by atoms with E-state index in [1.54, 1.807) is 0 Å². The van der Waals surface area contributed by atoms with Crippen molar-refractivity contribution in [3.05, 3.63) is 0 Å². The van der Waals surface area contributed by atoms with Gasteiger partial charge < -0.3 is 5.32 Å². The van der Waals surface area contributed by atoms with Crippen LogP contribution < -0.4 is 5.32 Å². The molecule has 1 N–H and O–H groups in total. The summed E-state index contributed by atoms with van der Waals surface area (Å²) in [5, 5.41) is 2.27. The van der Waals surface area contributed by atoms with Gasteiger partial charge in [-0.05, 0) is 13.3 Å². The van der Waals surface area contributed by atoms with Gasteiger partial charge in [-0.25, -0.2) is 0 Å². The van der Waals surface area contributed by atoms with Gasteiger partial charge in [0.1, 0.15) is 5.38 Å². The monoisotopic (exact) mass is 149 g/mol. The highest BCUT2D eigenvalue weighted by molar-refractivity contribution is 6.30. The van der Waals surface area contributed by atoms with Gasteiger partial charge in [0.2, 0.25) is 5.91 Å². The topological polar surface area (TPSA) is 29.1 Å². The standard InChI is InChI=1S/C6H12ClNO/c1-3-5(7)6(9)8-4-2/h5H,3-4H2,1-2H3,(H,8,9). The molecule has 0 aromatic carbocycles. The van der Waals surface area contributed by atoms with Gasteiger partial charge in [0.25, 0.3) is 0 Å². The maximum atomic E-state index is 10.7. The molecule has 3 heteroatoms. The second-order valence-corrected chi connectivity index (χ2v) is 2.30. The summed E-state index contributed by atoms with van der Waals surface area (Å²) in [6.45, 7) is 4.41. The van der Waals surface area contributed by atoms with Crippen LogP contribution in [0.15, 0.2) is 0 Å². The Morgan fingerprint density at radius 3 is 2.56 bits per heavy atom. The Kier molecular flexibility index (Phi) is 4.50. The number of nitrogens with one attached hydrogen (secondary N) is 1. The lowest BCUT2D eigenvalue weighted by Crippen LogP contribution is -2.30. The first kappa shape index (κ1) is 8.76. The summed E-state index contributed by atoms with van der Waals surface area (Å²) in [4.78, 5) is 10.7. The molecule has 2 nitrogen and oxygen atoms in total. The van der Waals surface area contributed by atoms with Gasteiger partial charge >= 0.3 is 0 Å². The quantitative estimate of drug-likeness (QED) is 0.600. The predicted octanol–water partition coefficient (Wildman–Crippen LogP) is 1.14. The van der Waals surface area contributed by atoms with E-state index in [1.807, 2.05) is 13.8 Å². The minimum Gasteiger partial charge on any atom is -0.355 e. The van der Waals surface area contributed by atoms with Gasteiger partial charge in [-0.1, -0.05) is 6.92 Å². The normalized spacial score (nSPS) is 12.8. The Balaban J connectivity index is 3.46. The van der Waals surface area contributed by atoms with Crippen LogP contribution in [0.4, 0.5) is 0 Å².